The number of methoxy groups -OCH3 is 1. The van der Waals surface area contributed by atoms with Crippen molar-refractivity contribution in [2.75, 3.05) is 74.9 Å². The highest BCUT2D eigenvalue weighted by atomic mass is 35.5. The fraction of sp³-hybridized carbons (Fsp3) is 0.370. The second-order valence-corrected chi connectivity index (χ2v) is 9.20. The van der Waals surface area contributed by atoms with E-state index in [1.807, 2.05) is 42.5 Å². The van der Waals surface area contributed by atoms with Gasteiger partial charge in [-0.05, 0) is 23.3 Å². The number of hydrazone groups is 1. The molecular weight excluding hydrogens is 508 g/mol. The third-order valence-corrected chi connectivity index (χ3v) is 6.48. The molecule has 3 heterocycles. The number of nitrogens with zero attached hydrogens (tertiary/aromatic N) is 5. The minimum atomic E-state index is 0.385. The summed E-state index contributed by atoms with van der Waals surface area (Å²) < 4.78 is 22.5. The van der Waals surface area contributed by atoms with Crippen LogP contribution in [0.15, 0.2) is 53.6 Å². The predicted molar refractivity (Wildman–Crippen MR) is 148 cm³/mol. The lowest BCUT2D eigenvalue weighted by molar-refractivity contribution is 0.121. The van der Waals surface area contributed by atoms with E-state index in [0.717, 1.165) is 43.1 Å². The smallest absolute Gasteiger partial charge is 0.229 e. The summed E-state index contributed by atoms with van der Waals surface area (Å²) in [5.74, 6) is 3.11. The molecule has 5 rings (SSSR count). The Balaban J connectivity index is 1.32. The van der Waals surface area contributed by atoms with Crippen molar-refractivity contribution in [1.29, 1.82) is 0 Å². The van der Waals surface area contributed by atoms with E-state index in [0.29, 0.717) is 61.3 Å². The highest BCUT2D eigenvalue weighted by Crippen LogP contribution is 2.36. The monoisotopic (exact) mass is 538 g/mol. The first-order valence-electron chi connectivity index (χ1n) is 12.6. The third-order valence-electron chi connectivity index (χ3n) is 6.20. The van der Waals surface area contributed by atoms with Crippen LogP contribution in [0.5, 0.6) is 11.5 Å². The molecule has 1 aromatic heterocycles. The molecule has 0 bridgehead atoms. The Hall–Kier alpha value is -3.60. The van der Waals surface area contributed by atoms with E-state index in [4.69, 9.17) is 40.5 Å². The average molecular weight is 539 g/mol. The number of rotatable bonds is 9. The van der Waals surface area contributed by atoms with E-state index < -0.39 is 0 Å². The predicted octanol–water partition coefficient (Wildman–Crippen LogP) is 3.84. The molecule has 11 heteroatoms. The Kier molecular flexibility index (Phi) is 8.75. The van der Waals surface area contributed by atoms with Crippen molar-refractivity contribution in [3.05, 3.63) is 64.7 Å². The molecule has 2 aliphatic rings. The molecule has 2 fully saturated rings. The molecule has 3 aromatic rings. The van der Waals surface area contributed by atoms with Gasteiger partial charge in [0.15, 0.2) is 17.3 Å². The maximum Gasteiger partial charge on any atom is 0.229 e. The second kappa shape index (κ2) is 12.8. The number of benzene rings is 2. The summed E-state index contributed by atoms with van der Waals surface area (Å²) in [6.45, 7) is 6.07. The molecule has 200 valence electrons. The molecular formula is C27H31ClN6O4. The van der Waals surface area contributed by atoms with Crippen molar-refractivity contribution < 1.29 is 18.9 Å². The SMILES string of the molecule is COc1cc(/C=N\Nc2cc(N3CCOCC3)nc(N3CCOCC3)n2)cc(Cl)c1OCc1ccccc1. The molecule has 10 nitrogen and oxygen atoms in total. The normalized spacial score (nSPS) is 16.1. The van der Waals surface area contributed by atoms with E-state index in [1.165, 1.54) is 0 Å². The zero-order valence-corrected chi connectivity index (χ0v) is 22.1. The number of anilines is 3. The van der Waals surface area contributed by atoms with E-state index in [2.05, 4.69) is 20.3 Å². The highest BCUT2D eigenvalue weighted by molar-refractivity contribution is 6.32. The average Bonchev–Trinajstić information content (AvgIpc) is 2.97. The van der Waals surface area contributed by atoms with Crippen molar-refractivity contribution in [3.8, 4) is 11.5 Å². The van der Waals surface area contributed by atoms with Crippen LogP contribution in [0.1, 0.15) is 11.1 Å². The van der Waals surface area contributed by atoms with Gasteiger partial charge in [-0.25, -0.2) is 0 Å². The van der Waals surface area contributed by atoms with E-state index in [-0.39, 0.29) is 0 Å². The maximum absolute atomic E-state index is 6.55. The van der Waals surface area contributed by atoms with Crippen molar-refractivity contribution in [1.82, 2.24) is 9.97 Å². The molecule has 0 saturated carbocycles. The summed E-state index contributed by atoms with van der Waals surface area (Å²) in [5.41, 5.74) is 4.85. The van der Waals surface area contributed by atoms with Crippen LogP contribution >= 0.6 is 11.6 Å². The Morgan fingerprint density at radius 2 is 1.68 bits per heavy atom. The van der Waals surface area contributed by atoms with Crippen LogP contribution in [0.3, 0.4) is 0 Å². The molecule has 2 saturated heterocycles. The van der Waals surface area contributed by atoms with Gasteiger partial charge in [0.25, 0.3) is 0 Å². The zero-order valence-electron chi connectivity index (χ0n) is 21.3. The molecule has 0 spiro atoms. The van der Waals surface area contributed by atoms with Gasteiger partial charge in [-0.1, -0.05) is 41.9 Å². The summed E-state index contributed by atoms with van der Waals surface area (Å²) in [6, 6.07) is 15.4. The van der Waals surface area contributed by atoms with Crippen molar-refractivity contribution in [3.63, 3.8) is 0 Å². The Labute approximate surface area is 227 Å². The summed E-state index contributed by atoms with van der Waals surface area (Å²) in [7, 11) is 1.58. The van der Waals surface area contributed by atoms with Crippen molar-refractivity contribution >= 4 is 35.4 Å². The van der Waals surface area contributed by atoms with Gasteiger partial charge < -0.3 is 28.7 Å². The third kappa shape index (κ3) is 6.63. The van der Waals surface area contributed by atoms with E-state index in [9.17, 15) is 0 Å². The molecule has 1 N–H and O–H groups in total. The zero-order chi connectivity index (χ0) is 26.2. The van der Waals surface area contributed by atoms with Crippen LogP contribution in [0.2, 0.25) is 5.02 Å². The topological polar surface area (TPSA) is 93.6 Å². The van der Waals surface area contributed by atoms with E-state index >= 15 is 0 Å². The summed E-state index contributed by atoms with van der Waals surface area (Å²) in [4.78, 5) is 13.9. The van der Waals surface area contributed by atoms with E-state index in [1.54, 1.807) is 19.4 Å². The quantitative estimate of drug-likeness (QED) is 0.322. The number of halogens is 1. The van der Waals surface area contributed by atoms with Crippen LogP contribution < -0.4 is 24.7 Å². The first-order valence-corrected chi connectivity index (χ1v) is 13.0. The molecule has 2 aromatic carbocycles. The maximum atomic E-state index is 6.55. The molecule has 0 radical (unpaired) electrons. The number of hydrogen-bond acceptors (Lipinski definition) is 10. The molecule has 0 aliphatic carbocycles. The van der Waals surface area contributed by atoms with Crippen molar-refractivity contribution in [2.24, 2.45) is 5.10 Å². The lowest BCUT2D eigenvalue weighted by Crippen LogP contribution is -2.39. The fourth-order valence-electron chi connectivity index (χ4n) is 4.20. The van der Waals surface area contributed by atoms with Crippen LogP contribution in [-0.4, -0.2) is 75.9 Å². The molecule has 38 heavy (non-hydrogen) atoms. The van der Waals surface area contributed by atoms with Gasteiger partial charge >= 0.3 is 0 Å². The van der Waals surface area contributed by atoms with Gasteiger partial charge in [-0.3, -0.25) is 5.43 Å². The number of hydrogen-bond donors (Lipinski definition) is 1. The largest absolute Gasteiger partial charge is 0.493 e. The summed E-state index contributed by atoms with van der Waals surface area (Å²) in [6.07, 6.45) is 1.67. The van der Waals surface area contributed by atoms with Crippen LogP contribution in [-0.2, 0) is 16.1 Å². The lowest BCUT2D eigenvalue weighted by Gasteiger charge is -2.31. The number of aromatic nitrogens is 2. The van der Waals surface area contributed by atoms with Crippen molar-refractivity contribution in [2.45, 2.75) is 6.61 Å². The minimum Gasteiger partial charge on any atom is -0.493 e. The van der Waals surface area contributed by atoms with Gasteiger partial charge in [-0.15, -0.1) is 0 Å². The highest BCUT2D eigenvalue weighted by Gasteiger charge is 2.19. The number of nitrogens with one attached hydrogen (secondary N) is 1. The Morgan fingerprint density at radius 1 is 0.974 bits per heavy atom. The van der Waals surface area contributed by atoms with Gasteiger partial charge in [0.1, 0.15) is 12.4 Å². The second-order valence-electron chi connectivity index (χ2n) is 8.79. The molecule has 2 aliphatic heterocycles. The Morgan fingerprint density at radius 3 is 2.39 bits per heavy atom. The van der Waals surface area contributed by atoms with Gasteiger partial charge in [0.05, 0.1) is 44.8 Å². The van der Waals surface area contributed by atoms with Gasteiger partial charge in [-0.2, -0.15) is 15.1 Å². The van der Waals surface area contributed by atoms with Gasteiger partial charge in [0.2, 0.25) is 5.95 Å². The molecule has 0 unspecified atom stereocenters. The van der Waals surface area contributed by atoms with Gasteiger partial charge in [0, 0.05) is 32.2 Å². The first-order chi connectivity index (χ1) is 18.7. The lowest BCUT2D eigenvalue weighted by atomic mass is 10.2. The Bertz CT molecular complexity index is 1200. The standard InChI is InChI=1S/C27H31ClN6O4/c1-35-23-16-21(15-22(28)26(23)38-19-20-5-3-2-4-6-20)18-29-32-24-17-25(33-7-11-36-12-8-33)31-27(30-24)34-9-13-37-14-10-34/h2-6,15-18H,7-14,19H2,1H3,(H,30,31,32)/b29-18-. The molecule has 0 atom stereocenters. The molecule has 0 amide bonds. The summed E-state index contributed by atoms with van der Waals surface area (Å²) >= 11 is 6.55. The first kappa shape index (κ1) is 26.0. The van der Waals surface area contributed by atoms with Crippen LogP contribution in [0.25, 0.3) is 0 Å². The van der Waals surface area contributed by atoms with Crippen LogP contribution in [0.4, 0.5) is 17.6 Å². The fourth-order valence-corrected chi connectivity index (χ4v) is 4.47. The minimum absolute atomic E-state index is 0.385. The summed E-state index contributed by atoms with van der Waals surface area (Å²) in [5, 5.41) is 4.86. The number of morpholine rings is 2. The number of ether oxygens (including phenoxy) is 4. The van der Waals surface area contributed by atoms with Crippen LogP contribution in [0, 0.1) is 0 Å².